The van der Waals surface area contributed by atoms with E-state index in [1.165, 1.54) is 12.1 Å². The van der Waals surface area contributed by atoms with Crippen LogP contribution in [0.5, 0.6) is 0 Å². The Bertz CT molecular complexity index is 797. The number of fused-ring (bicyclic) bond motifs is 4. The van der Waals surface area contributed by atoms with Gasteiger partial charge in [0, 0.05) is 47.9 Å². The van der Waals surface area contributed by atoms with Crippen molar-refractivity contribution in [2.45, 2.75) is 38.9 Å². The summed E-state index contributed by atoms with van der Waals surface area (Å²) in [7, 11) is 2.05. The Morgan fingerprint density at radius 1 is 1.38 bits per heavy atom. The number of rotatable bonds is 4. The van der Waals surface area contributed by atoms with Crippen LogP contribution >= 0.6 is 11.3 Å². The summed E-state index contributed by atoms with van der Waals surface area (Å²) in [5.41, 5.74) is 3.37. The summed E-state index contributed by atoms with van der Waals surface area (Å²) in [5.74, 6) is 1.09. The van der Waals surface area contributed by atoms with Crippen molar-refractivity contribution in [1.82, 2.24) is 19.8 Å². The van der Waals surface area contributed by atoms with E-state index in [0.29, 0.717) is 18.4 Å². The molecule has 4 heterocycles. The minimum absolute atomic E-state index is 0.200. The summed E-state index contributed by atoms with van der Waals surface area (Å²) in [6.07, 6.45) is 1.22. The highest BCUT2D eigenvalue weighted by Crippen LogP contribution is 2.31. The van der Waals surface area contributed by atoms with E-state index in [1.54, 1.807) is 11.3 Å². The normalized spacial score (nSPS) is 22.6. The predicted molar refractivity (Wildman–Crippen MR) is 96.4 cm³/mol. The molecular weight excluding hydrogens is 320 g/mol. The van der Waals surface area contributed by atoms with E-state index in [0.717, 1.165) is 42.4 Å². The lowest BCUT2D eigenvalue weighted by molar-refractivity contribution is 0.254. The van der Waals surface area contributed by atoms with Gasteiger partial charge in [0.05, 0.1) is 6.54 Å². The van der Waals surface area contributed by atoms with Crippen molar-refractivity contribution >= 4 is 11.3 Å². The number of nitrogens with one attached hydrogen (secondary N) is 1. The van der Waals surface area contributed by atoms with E-state index in [4.69, 9.17) is 0 Å². The second-order valence-corrected chi connectivity index (χ2v) is 8.15. The first-order valence-electron chi connectivity index (χ1n) is 8.63. The van der Waals surface area contributed by atoms with Crippen LogP contribution in [-0.2, 0) is 19.6 Å². The molecule has 2 aromatic rings. The van der Waals surface area contributed by atoms with Gasteiger partial charge in [-0.15, -0.1) is 11.3 Å². The fourth-order valence-electron chi connectivity index (χ4n) is 4.01. The zero-order chi connectivity index (χ0) is 16.7. The van der Waals surface area contributed by atoms with Gasteiger partial charge in [-0.05, 0) is 38.9 Å². The number of piperidine rings is 1. The summed E-state index contributed by atoms with van der Waals surface area (Å²) in [5, 5.41) is 6.67. The maximum atomic E-state index is 12.9. The first kappa shape index (κ1) is 16.0. The second kappa shape index (κ2) is 6.43. The molecule has 4 rings (SSSR count). The van der Waals surface area contributed by atoms with E-state index in [9.17, 15) is 4.79 Å². The molecule has 0 aliphatic carbocycles. The molecule has 2 aliphatic heterocycles. The molecule has 0 amide bonds. The van der Waals surface area contributed by atoms with E-state index in [-0.39, 0.29) is 5.56 Å². The van der Waals surface area contributed by atoms with Crippen molar-refractivity contribution in [1.29, 1.82) is 0 Å². The molecule has 1 saturated heterocycles. The van der Waals surface area contributed by atoms with Crippen LogP contribution in [0.2, 0.25) is 0 Å². The topological polar surface area (TPSA) is 50.2 Å². The highest BCUT2D eigenvalue weighted by Gasteiger charge is 2.31. The lowest BCUT2D eigenvalue weighted by Gasteiger charge is -2.37. The van der Waals surface area contributed by atoms with Crippen LogP contribution in [0.15, 0.2) is 22.3 Å². The molecule has 6 heteroatoms. The Kier molecular flexibility index (Phi) is 4.28. The number of hydrogen-bond acceptors (Lipinski definition) is 5. The predicted octanol–water partition coefficient (Wildman–Crippen LogP) is 1.95. The van der Waals surface area contributed by atoms with Crippen molar-refractivity contribution in [3.05, 3.63) is 49.8 Å². The second-order valence-electron chi connectivity index (χ2n) is 7.21. The molecule has 0 radical (unpaired) electrons. The molecule has 2 aromatic heterocycles. The van der Waals surface area contributed by atoms with Crippen molar-refractivity contribution in [3.8, 4) is 0 Å². The van der Waals surface area contributed by atoms with Crippen molar-refractivity contribution in [3.63, 3.8) is 0 Å². The fraction of sp³-hybridized carbons (Fsp3) is 0.556. The maximum Gasteiger partial charge on any atom is 0.255 e. The Morgan fingerprint density at radius 3 is 3.04 bits per heavy atom. The SMILES string of the molecule is Cc1csc(CN(C)Cc2ccc3n(c2=O)C[C@@H]2CNC[C@H]3C2)n1. The van der Waals surface area contributed by atoms with Gasteiger partial charge in [0.1, 0.15) is 5.01 Å². The molecule has 2 bridgehead atoms. The van der Waals surface area contributed by atoms with Crippen LogP contribution in [0.3, 0.4) is 0 Å². The molecule has 5 nitrogen and oxygen atoms in total. The Morgan fingerprint density at radius 2 is 2.25 bits per heavy atom. The Balaban J connectivity index is 1.54. The van der Waals surface area contributed by atoms with Gasteiger partial charge in [-0.3, -0.25) is 9.69 Å². The van der Waals surface area contributed by atoms with Crippen LogP contribution in [0.1, 0.15) is 34.3 Å². The largest absolute Gasteiger partial charge is 0.316 e. The lowest BCUT2D eigenvalue weighted by Crippen LogP contribution is -2.45. The smallest absolute Gasteiger partial charge is 0.255 e. The lowest BCUT2D eigenvalue weighted by atomic mass is 9.84. The van der Waals surface area contributed by atoms with E-state index < -0.39 is 0 Å². The fourth-order valence-corrected chi connectivity index (χ4v) is 4.86. The summed E-state index contributed by atoms with van der Waals surface area (Å²) in [4.78, 5) is 19.6. The van der Waals surface area contributed by atoms with Gasteiger partial charge >= 0.3 is 0 Å². The van der Waals surface area contributed by atoms with Crippen molar-refractivity contribution in [2.75, 3.05) is 20.1 Å². The number of nitrogens with zero attached hydrogens (tertiary/aromatic N) is 3. The molecule has 0 aromatic carbocycles. The number of pyridine rings is 1. The van der Waals surface area contributed by atoms with E-state index in [2.05, 4.69) is 33.7 Å². The Labute approximate surface area is 146 Å². The molecule has 0 unspecified atom stereocenters. The van der Waals surface area contributed by atoms with Gasteiger partial charge in [-0.1, -0.05) is 6.07 Å². The van der Waals surface area contributed by atoms with Gasteiger partial charge in [-0.2, -0.15) is 0 Å². The molecule has 0 spiro atoms. The van der Waals surface area contributed by atoms with Gasteiger partial charge in [0.2, 0.25) is 0 Å². The molecule has 1 N–H and O–H groups in total. The molecule has 2 atom stereocenters. The average Bonchev–Trinajstić information content (AvgIpc) is 2.96. The number of aryl methyl sites for hydroxylation is 1. The molecule has 128 valence electrons. The highest BCUT2D eigenvalue weighted by molar-refractivity contribution is 7.09. The van der Waals surface area contributed by atoms with Gasteiger partial charge in [0.15, 0.2) is 0 Å². The molecule has 2 aliphatic rings. The zero-order valence-electron chi connectivity index (χ0n) is 14.3. The number of aromatic nitrogens is 2. The minimum Gasteiger partial charge on any atom is -0.316 e. The number of hydrogen-bond donors (Lipinski definition) is 1. The van der Waals surface area contributed by atoms with Crippen LogP contribution < -0.4 is 10.9 Å². The van der Waals surface area contributed by atoms with Crippen LogP contribution in [-0.4, -0.2) is 34.6 Å². The van der Waals surface area contributed by atoms with E-state index >= 15 is 0 Å². The molecule has 0 saturated carbocycles. The molecular formula is C18H24N4OS. The maximum absolute atomic E-state index is 12.9. The van der Waals surface area contributed by atoms with Crippen molar-refractivity contribution < 1.29 is 0 Å². The quantitative estimate of drug-likeness (QED) is 0.921. The minimum atomic E-state index is 0.200. The highest BCUT2D eigenvalue weighted by atomic mass is 32.1. The first-order valence-corrected chi connectivity index (χ1v) is 9.51. The summed E-state index contributed by atoms with van der Waals surface area (Å²) < 4.78 is 2.04. The van der Waals surface area contributed by atoms with Gasteiger partial charge in [-0.25, -0.2) is 4.98 Å². The molecule has 1 fully saturated rings. The summed E-state index contributed by atoms with van der Waals surface area (Å²) in [6, 6.07) is 4.21. The third kappa shape index (κ3) is 3.06. The molecule has 24 heavy (non-hydrogen) atoms. The first-order chi connectivity index (χ1) is 11.6. The van der Waals surface area contributed by atoms with Crippen LogP contribution in [0.25, 0.3) is 0 Å². The zero-order valence-corrected chi connectivity index (χ0v) is 15.1. The van der Waals surface area contributed by atoms with Crippen molar-refractivity contribution in [2.24, 2.45) is 5.92 Å². The average molecular weight is 344 g/mol. The van der Waals surface area contributed by atoms with Gasteiger partial charge in [0.25, 0.3) is 5.56 Å². The monoisotopic (exact) mass is 344 g/mol. The third-order valence-electron chi connectivity index (χ3n) is 5.10. The third-order valence-corrected chi connectivity index (χ3v) is 6.05. The number of thiazole rings is 1. The Hall–Kier alpha value is -1.50. The summed E-state index contributed by atoms with van der Waals surface area (Å²) in [6.45, 7) is 6.37. The van der Waals surface area contributed by atoms with Crippen LogP contribution in [0, 0.1) is 12.8 Å². The van der Waals surface area contributed by atoms with E-state index in [1.807, 2.05) is 17.6 Å². The van der Waals surface area contributed by atoms with Gasteiger partial charge < -0.3 is 9.88 Å². The van der Waals surface area contributed by atoms with Crippen LogP contribution in [0.4, 0.5) is 0 Å². The summed E-state index contributed by atoms with van der Waals surface area (Å²) >= 11 is 1.68. The standard InChI is InChI=1S/C18H24N4OS/c1-12-11-24-17(20-12)10-21(2)9-14-3-4-16-15-5-13(6-19-7-15)8-22(16)18(14)23/h3-4,11,13,15,19H,5-10H2,1-2H3/t13-,15+/m0/s1.